The molecule has 0 atom stereocenters. The van der Waals surface area contributed by atoms with Gasteiger partial charge in [-0.15, -0.1) is 11.6 Å². The molecular weight excluding hydrogens is 315 g/mol. The van der Waals surface area contributed by atoms with Crippen molar-refractivity contribution in [2.45, 2.75) is 19.3 Å². The van der Waals surface area contributed by atoms with Crippen molar-refractivity contribution in [2.24, 2.45) is 0 Å². The van der Waals surface area contributed by atoms with E-state index in [0.29, 0.717) is 27.6 Å². The Labute approximate surface area is 113 Å². The topological polar surface area (TPSA) is 42.0 Å². The van der Waals surface area contributed by atoms with Gasteiger partial charge in [-0.2, -0.15) is 0 Å². The molecule has 0 bridgehead atoms. The molecule has 3 nitrogen and oxygen atoms in total. The van der Waals surface area contributed by atoms with Crippen LogP contribution in [0.2, 0.25) is 5.15 Å². The van der Waals surface area contributed by atoms with Gasteiger partial charge in [-0.1, -0.05) is 11.6 Å². The van der Waals surface area contributed by atoms with Crippen molar-refractivity contribution in [3.8, 4) is 0 Å². The van der Waals surface area contributed by atoms with Gasteiger partial charge in [-0.05, 0) is 34.8 Å². The van der Waals surface area contributed by atoms with E-state index in [9.17, 15) is 4.79 Å². The van der Waals surface area contributed by atoms with Crippen LogP contribution in [0.1, 0.15) is 19.3 Å². The summed E-state index contributed by atoms with van der Waals surface area (Å²) in [6.07, 6.45) is 3.62. The van der Waals surface area contributed by atoms with E-state index < -0.39 is 0 Å². The van der Waals surface area contributed by atoms with Crippen LogP contribution in [0.15, 0.2) is 16.7 Å². The molecule has 0 unspecified atom stereocenters. The number of carbonyl (C=O) groups is 1. The number of hydrogen-bond acceptors (Lipinski definition) is 2. The number of amides is 1. The Hall–Kier alpha value is -0.320. The lowest BCUT2D eigenvalue weighted by molar-refractivity contribution is -0.116. The SMILES string of the molecule is O=C(CCCCCl)Nc1cnc(Cl)c(Br)c1. The van der Waals surface area contributed by atoms with Crippen LogP contribution in [-0.4, -0.2) is 16.8 Å². The molecule has 0 aliphatic heterocycles. The molecule has 0 saturated heterocycles. The Bertz CT molecular complexity index is 374. The van der Waals surface area contributed by atoms with Crippen molar-refractivity contribution >= 4 is 50.7 Å². The zero-order valence-electron chi connectivity index (χ0n) is 8.47. The van der Waals surface area contributed by atoms with Gasteiger partial charge in [0, 0.05) is 12.3 Å². The molecule has 0 aliphatic rings. The van der Waals surface area contributed by atoms with E-state index in [-0.39, 0.29) is 5.91 Å². The predicted octanol–water partition coefficient (Wildman–Crippen LogP) is 3.85. The zero-order chi connectivity index (χ0) is 12.0. The summed E-state index contributed by atoms with van der Waals surface area (Å²) in [6, 6.07) is 1.72. The van der Waals surface area contributed by atoms with Gasteiger partial charge in [0.2, 0.25) is 5.91 Å². The molecule has 1 aromatic heterocycles. The molecule has 0 aliphatic carbocycles. The third-order valence-electron chi connectivity index (χ3n) is 1.87. The number of alkyl halides is 1. The minimum absolute atomic E-state index is 0.0406. The molecule has 0 radical (unpaired) electrons. The Morgan fingerprint density at radius 2 is 2.25 bits per heavy atom. The molecule has 1 N–H and O–H groups in total. The van der Waals surface area contributed by atoms with Gasteiger partial charge in [-0.25, -0.2) is 4.98 Å². The van der Waals surface area contributed by atoms with Crippen molar-refractivity contribution in [3.05, 3.63) is 21.9 Å². The number of nitrogens with one attached hydrogen (secondary N) is 1. The average molecular weight is 326 g/mol. The first-order valence-electron chi connectivity index (χ1n) is 4.80. The number of hydrogen-bond donors (Lipinski definition) is 1. The normalized spacial score (nSPS) is 10.2. The zero-order valence-corrected chi connectivity index (χ0v) is 11.6. The van der Waals surface area contributed by atoms with E-state index in [1.165, 1.54) is 6.20 Å². The summed E-state index contributed by atoms with van der Waals surface area (Å²) in [5, 5.41) is 3.11. The lowest BCUT2D eigenvalue weighted by Crippen LogP contribution is -2.11. The number of nitrogens with zero attached hydrogens (tertiary/aromatic N) is 1. The van der Waals surface area contributed by atoms with Gasteiger partial charge >= 0.3 is 0 Å². The van der Waals surface area contributed by atoms with Crippen LogP contribution < -0.4 is 5.32 Å². The van der Waals surface area contributed by atoms with Gasteiger partial charge in [-0.3, -0.25) is 4.79 Å². The molecule has 1 amide bonds. The maximum absolute atomic E-state index is 11.5. The Morgan fingerprint density at radius 1 is 1.50 bits per heavy atom. The summed E-state index contributed by atoms with van der Waals surface area (Å²) in [7, 11) is 0. The van der Waals surface area contributed by atoms with E-state index in [2.05, 4.69) is 26.2 Å². The average Bonchev–Trinajstić information content (AvgIpc) is 2.24. The van der Waals surface area contributed by atoms with Gasteiger partial charge in [0.1, 0.15) is 5.15 Å². The highest BCUT2D eigenvalue weighted by molar-refractivity contribution is 9.10. The highest BCUT2D eigenvalue weighted by Crippen LogP contribution is 2.22. The molecule has 88 valence electrons. The summed E-state index contributed by atoms with van der Waals surface area (Å²) in [4.78, 5) is 15.4. The molecule has 1 rings (SSSR count). The van der Waals surface area contributed by atoms with Crippen molar-refractivity contribution in [1.82, 2.24) is 4.98 Å². The second-order valence-electron chi connectivity index (χ2n) is 3.19. The summed E-state index contributed by atoms with van der Waals surface area (Å²) >= 11 is 14.5. The number of unbranched alkanes of at least 4 members (excludes halogenated alkanes) is 1. The van der Waals surface area contributed by atoms with Gasteiger partial charge < -0.3 is 5.32 Å². The van der Waals surface area contributed by atoms with Crippen LogP contribution in [0.25, 0.3) is 0 Å². The lowest BCUT2D eigenvalue weighted by Gasteiger charge is -2.05. The number of aromatic nitrogens is 1. The molecule has 0 aromatic carbocycles. The minimum Gasteiger partial charge on any atom is -0.325 e. The van der Waals surface area contributed by atoms with Crippen molar-refractivity contribution in [3.63, 3.8) is 0 Å². The second kappa shape index (κ2) is 7.09. The fourth-order valence-corrected chi connectivity index (χ4v) is 1.73. The smallest absolute Gasteiger partial charge is 0.224 e. The van der Waals surface area contributed by atoms with Crippen molar-refractivity contribution in [1.29, 1.82) is 0 Å². The van der Waals surface area contributed by atoms with E-state index in [1.807, 2.05) is 0 Å². The molecule has 16 heavy (non-hydrogen) atoms. The van der Waals surface area contributed by atoms with Crippen LogP contribution in [0.3, 0.4) is 0 Å². The number of rotatable bonds is 5. The maximum atomic E-state index is 11.5. The Balaban J connectivity index is 2.46. The van der Waals surface area contributed by atoms with E-state index in [1.54, 1.807) is 6.07 Å². The minimum atomic E-state index is -0.0406. The maximum Gasteiger partial charge on any atom is 0.224 e. The Morgan fingerprint density at radius 3 is 2.88 bits per heavy atom. The summed E-state index contributed by atoms with van der Waals surface area (Å²) < 4.78 is 0.660. The summed E-state index contributed by atoms with van der Waals surface area (Å²) in [5.74, 6) is 0.544. The van der Waals surface area contributed by atoms with Gasteiger partial charge in [0.15, 0.2) is 0 Å². The Kier molecular flexibility index (Phi) is 6.09. The highest BCUT2D eigenvalue weighted by Gasteiger charge is 2.04. The quantitative estimate of drug-likeness (QED) is 0.507. The largest absolute Gasteiger partial charge is 0.325 e. The summed E-state index contributed by atoms with van der Waals surface area (Å²) in [6.45, 7) is 0. The van der Waals surface area contributed by atoms with Crippen LogP contribution in [0, 0.1) is 0 Å². The third-order valence-corrected chi connectivity index (χ3v) is 3.27. The van der Waals surface area contributed by atoms with Crippen molar-refractivity contribution < 1.29 is 4.79 Å². The van der Waals surface area contributed by atoms with E-state index in [0.717, 1.165) is 12.8 Å². The first-order chi connectivity index (χ1) is 7.63. The first-order valence-corrected chi connectivity index (χ1v) is 6.51. The van der Waals surface area contributed by atoms with Gasteiger partial charge in [0.25, 0.3) is 0 Å². The fourth-order valence-electron chi connectivity index (χ4n) is 1.09. The monoisotopic (exact) mass is 324 g/mol. The predicted molar refractivity (Wildman–Crippen MR) is 70.1 cm³/mol. The van der Waals surface area contributed by atoms with Crippen LogP contribution in [0.4, 0.5) is 5.69 Å². The highest BCUT2D eigenvalue weighted by atomic mass is 79.9. The van der Waals surface area contributed by atoms with Crippen LogP contribution >= 0.6 is 39.1 Å². The number of anilines is 1. The molecule has 0 spiro atoms. The molecule has 0 fully saturated rings. The second-order valence-corrected chi connectivity index (χ2v) is 4.78. The van der Waals surface area contributed by atoms with E-state index >= 15 is 0 Å². The summed E-state index contributed by atoms with van der Waals surface area (Å²) in [5.41, 5.74) is 0.632. The third kappa shape index (κ3) is 4.68. The number of pyridine rings is 1. The molecular formula is C10H11BrCl2N2O. The fraction of sp³-hybridized carbons (Fsp3) is 0.400. The van der Waals surface area contributed by atoms with E-state index in [4.69, 9.17) is 23.2 Å². The lowest BCUT2D eigenvalue weighted by atomic mass is 10.2. The van der Waals surface area contributed by atoms with Crippen LogP contribution in [0.5, 0.6) is 0 Å². The number of carbonyl (C=O) groups excluding carboxylic acids is 1. The van der Waals surface area contributed by atoms with Gasteiger partial charge in [0.05, 0.1) is 16.4 Å². The van der Waals surface area contributed by atoms with Crippen molar-refractivity contribution in [2.75, 3.05) is 11.2 Å². The standard InChI is InChI=1S/C10H11BrCl2N2O/c11-8-5-7(6-14-10(8)13)15-9(16)3-1-2-4-12/h5-6H,1-4H2,(H,15,16). The number of halogens is 3. The molecule has 6 heteroatoms. The molecule has 1 aromatic rings. The molecule has 1 heterocycles. The van der Waals surface area contributed by atoms with Crippen LogP contribution in [-0.2, 0) is 4.79 Å². The first kappa shape index (κ1) is 13.7. The molecule has 0 saturated carbocycles.